The molecular formula is C17H27N3O. The number of carbonyl (C=O) groups is 1. The molecule has 0 unspecified atom stereocenters. The molecule has 21 heavy (non-hydrogen) atoms. The van der Waals surface area contributed by atoms with Gasteiger partial charge < -0.3 is 10.2 Å². The average molecular weight is 289 g/mol. The van der Waals surface area contributed by atoms with Crippen molar-refractivity contribution in [2.45, 2.75) is 39.3 Å². The van der Waals surface area contributed by atoms with Gasteiger partial charge in [-0.05, 0) is 39.8 Å². The number of anilines is 1. The zero-order valence-electron chi connectivity index (χ0n) is 13.6. The fraction of sp³-hybridized carbons (Fsp3) is 0.588. The highest BCUT2D eigenvalue weighted by atomic mass is 16.2. The van der Waals surface area contributed by atoms with Crippen molar-refractivity contribution in [2.24, 2.45) is 0 Å². The molecule has 0 bridgehead atoms. The average Bonchev–Trinajstić information content (AvgIpc) is 2.42. The number of carbonyl (C=O) groups excluding carboxylic acids is 1. The van der Waals surface area contributed by atoms with E-state index in [1.165, 1.54) is 0 Å². The smallest absolute Gasteiger partial charge is 0.241 e. The van der Waals surface area contributed by atoms with E-state index in [9.17, 15) is 4.79 Å². The number of hydrogen-bond acceptors (Lipinski definition) is 3. The third kappa shape index (κ3) is 3.83. The summed E-state index contributed by atoms with van der Waals surface area (Å²) in [6.07, 6.45) is 0. The molecule has 1 aliphatic heterocycles. The van der Waals surface area contributed by atoms with Gasteiger partial charge in [0.25, 0.3) is 0 Å². The Labute approximate surface area is 128 Å². The predicted octanol–water partition coefficient (Wildman–Crippen LogP) is 2.11. The summed E-state index contributed by atoms with van der Waals surface area (Å²) in [5, 5.41) is 3.40. The largest absolute Gasteiger partial charge is 0.314 e. The van der Waals surface area contributed by atoms with Crippen LogP contribution < -0.4 is 10.2 Å². The molecule has 0 atom stereocenters. The molecule has 0 spiro atoms. The lowest BCUT2D eigenvalue weighted by molar-refractivity contribution is -0.121. The van der Waals surface area contributed by atoms with Gasteiger partial charge in [0.15, 0.2) is 0 Å². The van der Waals surface area contributed by atoms with Crippen molar-refractivity contribution in [2.75, 3.05) is 31.1 Å². The number of benzene rings is 1. The first-order valence-corrected chi connectivity index (χ1v) is 7.75. The van der Waals surface area contributed by atoms with Gasteiger partial charge in [-0.15, -0.1) is 0 Å². The van der Waals surface area contributed by atoms with Gasteiger partial charge in [0, 0.05) is 36.9 Å². The molecule has 1 N–H and O–H groups in total. The van der Waals surface area contributed by atoms with E-state index >= 15 is 0 Å². The maximum Gasteiger partial charge on any atom is 0.241 e. The monoisotopic (exact) mass is 289 g/mol. The lowest BCUT2D eigenvalue weighted by Gasteiger charge is -2.43. The molecule has 0 radical (unpaired) electrons. The van der Waals surface area contributed by atoms with Crippen molar-refractivity contribution in [3.05, 3.63) is 30.3 Å². The third-order valence-electron chi connectivity index (χ3n) is 4.12. The maximum absolute atomic E-state index is 12.8. The number of rotatable bonds is 4. The molecule has 2 rings (SSSR count). The quantitative estimate of drug-likeness (QED) is 0.922. The number of nitrogens with zero attached hydrogens (tertiary/aromatic N) is 2. The first-order valence-electron chi connectivity index (χ1n) is 7.75. The van der Waals surface area contributed by atoms with Gasteiger partial charge >= 0.3 is 0 Å². The molecule has 116 valence electrons. The fourth-order valence-electron chi connectivity index (χ4n) is 2.87. The number of amides is 1. The van der Waals surface area contributed by atoms with Gasteiger partial charge in [-0.25, -0.2) is 0 Å². The lowest BCUT2D eigenvalue weighted by Crippen LogP contribution is -2.60. The highest BCUT2D eigenvalue weighted by Gasteiger charge is 2.32. The van der Waals surface area contributed by atoms with Crippen LogP contribution in [0, 0.1) is 0 Å². The van der Waals surface area contributed by atoms with E-state index in [1.807, 2.05) is 35.2 Å². The summed E-state index contributed by atoms with van der Waals surface area (Å²) in [5.74, 6) is 0.172. The molecule has 1 aromatic carbocycles. The van der Waals surface area contributed by atoms with Crippen molar-refractivity contribution in [3.63, 3.8) is 0 Å². The summed E-state index contributed by atoms with van der Waals surface area (Å²) in [7, 11) is 0. The topological polar surface area (TPSA) is 35.6 Å². The van der Waals surface area contributed by atoms with Crippen LogP contribution in [0.3, 0.4) is 0 Å². The van der Waals surface area contributed by atoms with Gasteiger partial charge in [0.1, 0.15) is 0 Å². The molecule has 4 nitrogen and oxygen atoms in total. The molecule has 0 saturated carbocycles. The Morgan fingerprint density at radius 2 is 2.00 bits per heavy atom. The number of hydrogen-bond donors (Lipinski definition) is 1. The summed E-state index contributed by atoms with van der Waals surface area (Å²) in [6, 6.07) is 10.1. The first-order chi connectivity index (χ1) is 9.92. The van der Waals surface area contributed by atoms with Crippen molar-refractivity contribution in [3.8, 4) is 0 Å². The fourth-order valence-corrected chi connectivity index (χ4v) is 2.87. The lowest BCUT2D eigenvalue weighted by atomic mass is 10.00. The highest BCUT2D eigenvalue weighted by Crippen LogP contribution is 2.20. The van der Waals surface area contributed by atoms with Crippen LogP contribution in [0.1, 0.15) is 27.7 Å². The Kier molecular flexibility index (Phi) is 5.01. The van der Waals surface area contributed by atoms with Crippen LogP contribution in [0.4, 0.5) is 5.69 Å². The molecule has 1 fully saturated rings. The van der Waals surface area contributed by atoms with Crippen LogP contribution in [0.2, 0.25) is 0 Å². The summed E-state index contributed by atoms with van der Waals surface area (Å²) >= 11 is 0. The van der Waals surface area contributed by atoms with E-state index in [0.717, 1.165) is 25.3 Å². The van der Waals surface area contributed by atoms with Crippen LogP contribution >= 0.6 is 0 Å². The first kappa shape index (κ1) is 16.0. The van der Waals surface area contributed by atoms with Crippen molar-refractivity contribution in [1.29, 1.82) is 0 Å². The van der Waals surface area contributed by atoms with E-state index in [2.05, 4.69) is 37.9 Å². The van der Waals surface area contributed by atoms with Crippen LogP contribution in [-0.4, -0.2) is 48.6 Å². The second-order valence-electron chi connectivity index (χ2n) is 6.60. The number of para-hydroxylation sites is 1. The normalized spacial score (nSPS) is 18.7. The van der Waals surface area contributed by atoms with Crippen LogP contribution in [0.15, 0.2) is 30.3 Å². The zero-order chi connectivity index (χ0) is 15.5. The highest BCUT2D eigenvalue weighted by molar-refractivity contribution is 5.95. The van der Waals surface area contributed by atoms with Crippen molar-refractivity contribution < 1.29 is 4.79 Å². The van der Waals surface area contributed by atoms with Crippen molar-refractivity contribution in [1.82, 2.24) is 10.2 Å². The van der Waals surface area contributed by atoms with E-state index in [4.69, 9.17) is 0 Å². The molecule has 1 amide bonds. The van der Waals surface area contributed by atoms with Gasteiger partial charge in [-0.3, -0.25) is 9.69 Å². The molecule has 1 heterocycles. The van der Waals surface area contributed by atoms with Crippen LogP contribution in [0.25, 0.3) is 0 Å². The van der Waals surface area contributed by atoms with Crippen LogP contribution in [0.5, 0.6) is 0 Å². The molecule has 4 heteroatoms. The minimum atomic E-state index is 0.0211. The van der Waals surface area contributed by atoms with Gasteiger partial charge in [0.2, 0.25) is 5.91 Å². The standard InChI is InChI=1S/C17H27N3O/c1-14(2)20(15-8-6-5-7-9-15)16(21)12-19-11-10-18-13-17(19,3)4/h5-9,14,18H,10-13H2,1-4H3. The predicted molar refractivity (Wildman–Crippen MR) is 87.6 cm³/mol. The molecule has 1 saturated heterocycles. The number of nitrogens with one attached hydrogen (secondary N) is 1. The Morgan fingerprint density at radius 1 is 1.33 bits per heavy atom. The van der Waals surface area contributed by atoms with Crippen molar-refractivity contribution >= 4 is 11.6 Å². The zero-order valence-corrected chi connectivity index (χ0v) is 13.6. The van der Waals surface area contributed by atoms with Gasteiger partial charge in [-0.2, -0.15) is 0 Å². The Hall–Kier alpha value is -1.39. The molecule has 0 aliphatic carbocycles. The Bertz CT molecular complexity index is 470. The number of piperazine rings is 1. The summed E-state index contributed by atoms with van der Waals surface area (Å²) < 4.78 is 0. The van der Waals surface area contributed by atoms with Gasteiger partial charge in [0.05, 0.1) is 6.54 Å². The molecular weight excluding hydrogens is 262 g/mol. The second-order valence-corrected chi connectivity index (χ2v) is 6.60. The molecule has 0 aromatic heterocycles. The minimum Gasteiger partial charge on any atom is -0.314 e. The van der Waals surface area contributed by atoms with E-state index < -0.39 is 0 Å². The molecule has 1 aromatic rings. The minimum absolute atomic E-state index is 0.0211. The molecule has 1 aliphatic rings. The summed E-state index contributed by atoms with van der Waals surface area (Å²) in [5.41, 5.74) is 0.998. The maximum atomic E-state index is 12.8. The third-order valence-corrected chi connectivity index (χ3v) is 4.12. The van der Waals surface area contributed by atoms with E-state index in [1.54, 1.807) is 0 Å². The van der Waals surface area contributed by atoms with E-state index in [-0.39, 0.29) is 17.5 Å². The Balaban J connectivity index is 2.13. The van der Waals surface area contributed by atoms with Crippen LogP contribution in [-0.2, 0) is 4.79 Å². The Morgan fingerprint density at radius 3 is 2.57 bits per heavy atom. The summed E-state index contributed by atoms with van der Waals surface area (Å²) in [4.78, 5) is 17.0. The van der Waals surface area contributed by atoms with E-state index in [0.29, 0.717) is 6.54 Å². The van der Waals surface area contributed by atoms with Gasteiger partial charge in [-0.1, -0.05) is 18.2 Å². The SMILES string of the molecule is CC(C)N(C(=O)CN1CCNCC1(C)C)c1ccccc1. The second kappa shape index (κ2) is 6.58. The summed E-state index contributed by atoms with van der Waals surface area (Å²) in [6.45, 7) is 11.8.